The van der Waals surface area contributed by atoms with Crippen molar-refractivity contribution in [2.24, 2.45) is 0 Å². The van der Waals surface area contributed by atoms with Crippen LogP contribution in [0, 0.1) is 6.92 Å². The summed E-state index contributed by atoms with van der Waals surface area (Å²) in [7, 11) is 1.56. The molecule has 0 bridgehead atoms. The van der Waals surface area contributed by atoms with Crippen molar-refractivity contribution in [2.75, 3.05) is 18.4 Å². The number of methoxy groups -OCH3 is 1. The van der Waals surface area contributed by atoms with Crippen LogP contribution in [0.3, 0.4) is 0 Å². The number of nitrogens with zero attached hydrogens (tertiary/aromatic N) is 5. The largest absolute Gasteiger partial charge is 0.506 e. The highest BCUT2D eigenvalue weighted by Gasteiger charge is 2.26. The van der Waals surface area contributed by atoms with Crippen LogP contribution in [0.15, 0.2) is 42.7 Å². The number of rotatable bonds is 8. The van der Waals surface area contributed by atoms with Gasteiger partial charge in [0.1, 0.15) is 23.3 Å². The molecule has 1 aromatic carbocycles. The second kappa shape index (κ2) is 10.0. The lowest BCUT2D eigenvalue weighted by molar-refractivity contribution is 0.0730. The summed E-state index contributed by atoms with van der Waals surface area (Å²) < 4.78 is 16.4. The Morgan fingerprint density at radius 3 is 2.91 bits per heavy atom. The van der Waals surface area contributed by atoms with E-state index in [0.29, 0.717) is 29.8 Å². The topological polar surface area (TPSA) is 107 Å². The first kappa shape index (κ1) is 22.1. The van der Waals surface area contributed by atoms with Gasteiger partial charge in [0.2, 0.25) is 5.95 Å². The molecule has 0 amide bonds. The van der Waals surface area contributed by atoms with Crippen LogP contribution in [0.5, 0.6) is 11.5 Å². The molecule has 3 heterocycles. The molecule has 4 rings (SSSR count). The Balaban J connectivity index is 1.62. The smallest absolute Gasteiger partial charge is 0.239 e. The van der Waals surface area contributed by atoms with Crippen LogP contribution in [-0.4, -0.2) is 48.8 Å². The second-order valence-electron chi connectivity index (χ2n) is 7.44. The Morgan fingerprint density at radius 2 is 2.19 bits per heavy atom. The van der Waals surface area contributed by atoms with E-state index in [-0.39, 0.29) is 17.1 Å². The maximum absolute atomic E-state index is 10.7. The molecule has 9 nitrogen and oxygen atoms in total. The van der Waals surface area contributed by atoms with Gasteiger partial charge >= 0.3 is 0 Å². The lowest BCUT2D eigenvalue weighted by Crippen LogP contribution is -2.15. The van der Waals surface area contributed by atoms with E-state index >= 15 is 0 Å². The summed E-state index contributed by atoms with van der Waals surface area (Å²) in [6.45, 7) is 4.60. The number of benzene rings is 1. The molecular weight excluding hydrogens is 428 g/mol. The van der Waals surface area contributed by atoms with Gasteiger partial charge in [-0.05, 0) is 37.4 Å². The molecule has 10 heteroatoms. The molecule has 32 heavy (non-hydrogen) atoms. The second-order valence-corrected chi connectivity index (χ2v) is 8.68. The number of nitrogens with one attached hydrogen (secondary N) is 1. The van der Waals surface area contributed by atoms with Crippen LogP contribution in [0.2, 0.25) is 0 Å². The molecule has 0 spiro atoms. The Labute approximate surface area is 191 Å². The maximum atomic E-state index is 10.7. The molecule has 0 fully saturated rings. The molecule has 2 atom stereocenters. The minimum atomic E-state index is -0.374. The van der Waals surface area contributed by atoms with Crippen LogP contribution < -0.4 is 9.46 Å². The summed E-state index contributed by atoms with van der Waals surface area (Å²) >= 11 is 1.49. The van der Waals surface area contributed by atoms with E-state index in [0.717, 1.165) is 24.2 Å². The van der Waals surface area contributed by atoms with E-state index in [1.807, 2.05) is 13.0 Å². The van der Waals surface area contributed by atoms with Gasteiger partial charge in [-0.3, -0.25) is 19.3 Å². The lowest BCUT2D eigenvalue weighted by Gasteiger charge is -2.21. The van der Waals surface area contributed by atoms with Crippen molar-refractivity contribution < 1.29 is 14.6 Å². The third-order valence-electron chi connectivity index (χ3n) is 4.94. The quantitative estimate of drug-likeness (QED) is 0.388. The minimum absolute atomic E-state index is 0.0567. The molecule has 0 radical (unpaired) electrons. The van der Waals surface area contributed by atoms with Crippen molar-refractivity contribution in [3.8, 4) is 17.2 Å². The Bertz CT molecular complexity index is 1090. The number of para-hydroxylation sites is 1. The molecule has 3 aromatic rings. The fourth-order valence-corrected chi connectivity index (χ4v) is 4.07. The third-order valence-corrected chi connectivity index (χ3v) is 5.81. The van der Waals surface area contributed by atoms with Gasteiger partial charge in [0, 0.05) is 24.1 Å². The number of ether oxygens (including phenoxy) is 2. The third kappa shape index (κ3) is 4.86. The molecule has 0 saturated carbocycles. The summed E-state index contributed by atoms with van der Waals surface area (Å²) in [5, 5.41) is 19.6. The van der Waals surface area contributed by atoms with Crippen molar-refractivity contribution in [2.45, 2.75) is 38.0 Å². The first-order chi connectivity index (χ1) is 15.6. The summed E-state index contributed by atoms with van der Waals surface area (Å²) in [6, 6.07) is 5.12. The number of anilines is 1. The first-order valence-corrected chi connectivity index (χ1v) is 11.2. The van der Waals surface area contributed by atoms with E-state index in [4.69, 9.17) is 9.47 Å². The number of aromatic hydroxyl groups is 1. The van der Waals surface area contributed by atoms with Gasteiger partial charge in [-0.25, -0.2) is 0 Å². The van der Waals surface area contributed by atoms with E-state index in [1.54, 1.807) is 42.3 Å². The Kier molecular flexibility index (Phi) is 6.91. The van der Waals surface area contributed by atoms with E-state index in [1.165, 1.54) is 11.9 Å². The van der Waals surface area contributed by atoms with Gasteiger partial charge in [-0.15, -0.1) is 10.2 Å². The lowest BCUT2D eigenvalue weighted by atomic mass is 10.2. The maximum Gasteiger partial charge on any atom is 0.239 e. The van der Waals surface area contributed by atoms with E-state index < -0.39 is 0 Å². The monoisotopic (exact) mass is 454 g/mol. The fourth-order valence-electron chi connectivity index (χ4n) is 3.38. The molecule has 1 aliphatic heterocycles. The predicted octanol–water partition coefficient (Wildman–Crippen LogP) is 3.79. The SMILES string of the molecule is COc1cccc(O)c1-n1c(NSC(C)Cc2cnc(C)cn2)nnc1C1C=CCCO1. The zero-order chi connectivity index (χ0) is 22.5. The summed E-state index contributed by atoms with van der Waals surface area (Å²) in [5.41, 5.74) is 2.27. The molecule has 0 saturated heterocycles. The Hall–Kier alpha value is -3.11. The number of hydrogen-bond donors (Lipinski definition) is 2. The van der Waals surface area contributed by atoms with E-state index in [2.05, 4.69) is 37.9 Å². The van der Waals surface area contributed by atoms with Gasteiger partial charge in [0.15, 0.2) is 5.82 Å². The predicted molar refractivity (Wildman–Crippen MR) is 123 cm³/mol. The highest BCUT2D eigenvalue weighted by atomic mass is 32.2. The minimum Gasteiger partial charge on any atom is -0.506 e. The average molecular weight is 455 g/mol. The van der Waals surface area contributed by atoms with Crippen LogP contribution in [0.4, 0.5) is 5.95 Å². The van der Waals surface area contributed by atoms with Crippen LogP contribution in [-0.2, 0) is 11.2 Å². The fraction of sp³-hybridized carbons (Fsp3) is 0.364. The Morgan fingerprint density at radius 1 is 1.31 bits per heavy atom. The van der Waals surface area contributed by atoms with Crippen molar-refractivity contribution in [1.29, 1.82) is 0 Å². The summed E-state index contributed by atoms with van der Waals surface area (Å²) in [6.07, 6.45) is 8.79. The first-order valence-electron chi connectivity index (χ1n) is 10.4. The number of phenolic OH excluding ortho intramolecular Hbond substituents is 1. The van der Waals surface area contributed by atoms with Crippen molar-refractivity contribution in [1.82, 2.24) is 24.7 Å². The highest BCUT2D eigenvalue weighted by Crippen LogP contribution is 2.37. The van der Waals surface area contributed by atoms with E-state index in [9.17, 15) is 5.11 Å². The van der Waals surface area contributed by atoms with Crippen LogP contribution in [0.25, 0.3) is 5.69 Å². The molecule has 1 aliphatic rings. The van der Waals surface area contributed by atoms with Gasteiger partial charge in [-0.1, -0.05) is 25.1 Å². The number of phenols is 1. The highest BCUT2D eigenvalue weighted by molar-refractivity contribution is 8.01. The van der Waals surface area contributed by atoms with Crippen LogP contribution in [0.1, 0.15) is 36.7 Å². The zero-order valence-electron chi connectivity index (χ0n) is 18.2. The number of aryl methyl sites for hydroxylation is 1. The number of hydrogen-bond acceptors (Lipinski definition) is 9. The average Bonchev–Trinajstić information content (AvgIpc) is 3.23. The van der Waals surface area contributed by atoms with Crippen molar-refractivity contribution in [3.05, 3.63) is 60.0 Å². The molecule has 0 aliphatic carbocycles. The standard InChI is InChI=1S/C22H26N6O3S/c1-14-12-24-16(13-23-14)11-15(2)32-27-22-26-25-21(19-8-4-5-10-31-19)28(22)20-17(29)7-6-9-18(20)30-3/h4,6-9,12-13,15,19,29H,5,10-11H2,1-3H3,(H,26,27). The number of aromatic nitrogens is 5. The van der Waals surface area contributed by atoms with Gasteiger partial charge in [0.05, 0.1) is 25.1 Å². The van der Waals surface area contributed by atoms with Crippen molar-refractivity contribution >= 4 is 17.9 Å². The molecular formula is C22H26N6O3S. The van der Waals surface area contributed by atoms with Gasteiger partial charge in [-0.2, -0.15) is 0 Å². The molecule has 2 N–H and O–H groups in total. The normalized spacial score (nSPS) is 16.7. The van der Waals surface area contributed by atoms with Gasteiger partial charge < -0.3 is 14.6 Å². The summed E-state index contributed by atoms with van der Waals surface area (Å²) in [5.74, 6) is 1.58. The molecule has 2 aromatic heterocycles. The van der Waals surface area contributed by atoms with Crippen LogP contribution >= 0.6 is 11.9 Å². The zero-order valence-corrected chi connectivity index (χ0v) is 19.0. The molecule has 2 unspecified atom stereocenters. The molecule has 168 valence electrons. The van der Waals surface area contributed by atoms with Gasteiger partial charge in [0.25, 0.3) is 0 Å². The summed E-state index contributed by atoms with van der Waals surface area (Å²) in [4.78, 5) is 8.73. The van der Waals surface area contributed by atoms with Crippen molar-refractivity contribution in [3.63, 3.8) is 0 Å².